The van der Waals surface area contributed by atoms with E-state index in [0.717, 1.165) is 19.2 Å². The molecule has 2 rings (SSSR count). The summed E-state index contributed by atoms with van der Waals surface area (Å²) in [7, 11) is 2.35. The van der Waals surface area contributed by atoms with Gasteiger partial charge in [0.1, 0.15) is 17.1 Å². The highest BCUT2D eigenvalue weighted by molar-refractivity contribution is 5.99. The average Bonchev–Trinajstić information content (AvgIpc) is 2.61. The van der Waals surface area contributed by atoms with Crippen molar-refractivity contribution in [3.05, 3.63) is 65.0 Å². The number of halogens is 1. The Balaban J connectivity index is 2.34. The minimum absolute atomic E-state index is 0.0937. The fourth-order valence-corrected chi connectivity index (χ4v) is 1.88. The average molecular weight is 332 g/mol. The Labute approximate surface area is 136 Å². The Bertz CT molecular complexity index is 782. The van der Waals surface area contributed by atoms with Gasteiger partial charge in [-0.25, -0.2) is 18.8 Å². The predicted molar refractivity (Wildman–Crippen MR) is 80.5 cm³/mol. The first-order valence-electron chi connectivity index (χ1n) is 6.74. The van der Waals surface area contributed by atoms with Gasteiger partial charge < -0.3 is 14.2 Å². The summed E-state index contributed by atoms with van der Waals surface area (Å²) in [5, 5.41) is 0. The molecule has 6 nitrogen and oxygen atoms in total. The van der Waals surface area contributed by atoms with Crippen LogP contribution in [-0.4, -0.2) is 32.1 Å². The maximum atomic E-state index is 12.9. The number of hydrogen-bond acceptors (Lipinski definition) is 6. The number of ether oxygens (including phenoxy) is 3. The number of methoxy groups -OCH3 is 2. The second kappa shape index (κ2) is 7.36. The molecule has 0 radical (unpaired) electrons. The van der Waals surface area contributed by atoms with E-state index in [2.05, 4.69) is 9.47 Å². The van der Waals surface area contributed by atoms with Gasteiger partial charge in [-0.15, -0.1) is 0 Å². The quantitative estimate of drug-likeness (QED) is 0.632. The van der Waals surface area contributed by atoms with E-state index in [4.69, 9.17) is 4.74 Å². The van der Waals surface area contributed by atoms with E-state index in [1.807, 2.05) is 0 Å². The fraction of sp³-hybridized carbons (Fsp3) is 0.118. The number of hydrogen-bond donors (Lipinski definition) is 0. The van der Waals surface area contributed by atoms with Crippen LogP contribution in [0.2, 0.25) is 0 Å². The molecule has 24 heavy (non-hydrogen) atoms. The van der Waals surface area contributed by atoms with Crippen LogP contribution in [0.25, 0.3) is 0 Å². The predicted octanol–water partition coefficient (Wildman–Crippen LogP) is 2.62. The van der Waals surface area contributed by atoms with Crippen molar-refractivity contribution in [3.63, 3.8) is 0 Å². The van der Waals surface area contributed by atoms with Crippen molar-refractivity contribution >= 4 is 17.9 Å². The molecular weight excluding hydrogens is 319 g/mol. The van der Waals surface area contributed by atoms with Crippen LogP contribution in [0.15, 0.2) is 42.5 Å². The second-order valence-electron chi connectivity index (χ2n) is 4.59. The molecule has 0 N–H and O–H groups in total. The van der Waals surface area contributed by atoms with Crippen LogP contribution in [-0.2, 0) is 9.47 Å². The lowest BCUT2D eigenvalue weighted by molar-refractivity contribution is 0.0593. The Morgan fingerprint density at radius 2 is 1.38 bits per heavy atom. The Morgan fingerprint density at radius 3 is 1.96 bits per heavy atom. The number of carbonyl (C=O) groups excluding carboxylic acids is 3. The van der Waals surface area contributed by atoms with Crippen molar-refractivity contribution in [3.8, 4) is 5.75 Å². The molecule has 0 atom stereocenters. The molecule has 0 aliphatic rings. The molecule has 2 aromatic rings. The van der Waals surface area contributed by atoms with Crippen molar-refractivity contribution in [2.24, 2.45) is 0 Å². The molecule has 2 aromatic carbocycles. The first kappa shape index (κ1) is 17.1. The van der Waals surface area contributed by atoms with Crippen LogP contribution in [0.3, 0.4) is 0 Å². The highest BCUT2D eigenvalue weighted by Crippen LogP contribution is 2.23. The summed E-state index contributed by atoms with van der Waals surface area (Å²) in [6, 6.07) is 8.53. The standard InChI is InChI=1S/C17H13FO6/c1-22-15(19)11-5-8-14(13(9-11)17(21)23-2)24-16(20)10-3-6-12(18)7-4-10/h3-9H,1-2H3. The number of benzene rings is 2. The molecule has 0 fully saturated rings. The summed E-state index contributed by atoms with van der Waals surface area (Å²) >= 11 is 0. The maximum Gasteiger partial charge on any atom is 0.343 e. The zero-order chi connectivity index (χ0) is 17.7. The third kappa shape index (κ3) is 3.75. The lowest BCUT2D eigenvalue weighted by Crippen LogP contribution is -2.13. The molecule has 7 heteroatoms. The summed E-state index contributed by atoms with van der Waals surface area (Å²) in [4.78, 5) is 35.5. The minimum Gasteiger partial charge on any atom is -0.465 e. The van der Waals surface area contributed by atoms with Crippen molar-refractivity contribution < 1.29 is 33.0 Å². The van der Waals surface area contributed by atoms with Gasteiger partial charge in [-0.2, -0.15) is 0 Å². The molecule has 0 saturated heterocycles. The lowest BCUT2D eigenvalue weighted by atomic mass is 10.1. The zero-order valence-electron chi connectivity index (χ0n) is 12.9. The number of carbonyl (C=O) groups is 3. The topological polar surface area (TPSA) is 78.9 Å². The fourth-order valence-electron chi connectivity index (χ4n) is 1.88. The normalized spacial score (nSPS) is 9.96. The van der Waals surface area contributed by atoms with E-state index in [-0.39, 0.29) is 22.4 Å². The summed E-state index contributed by atoms with van der Waals surface area (Å²) in [5.41, 5.74) is 0.0830. The largest absolute Gasteiger partial charge is 0.465 e. The van der Waals surface area contributed by atoms with Gasteiger partial charge >= 0.3 is 17.9 Å². The van der Waals surface area contributed by atoms with Crippen molar-refractivity contribution in [2.75, 3.05) is 14.2 Å². The van der Waals surface area contributed by atoms with Gasteiger partial charge in [-0.3, -0.25) is 0 Å². The van der Waals surface area contributed by atoms with Gasteiger partial charge in [0.2, 0.25) is 0 Å². The molecule has 0 amide bonds. The van der Waals surface area contributed by atoms with E-state index in [9.17, 15) is 18.8 Å². The van der Waals surface area contributed by atoms with E-state index < -0.39 is 23.7 Å². The lowest BCUT2D eigenvalue weighted by Gasteiger charge is -2.10. The Morgan fingerprint density at radius 1 is 0.792 bits per heavy atom. The SMILES string of the molecule is COC(=O)c1ccc(OC(=O)c2ccc(F)cc2)c(C(=O)OC)c1. The zero-order valence-corrected chi connectivity index (χ0v) is 12.9. The first-order valence-corrected chi connectivity index (χ1v) is 6.74. The van der Waals surface area contributed by atoms with Crippen LogP contribution in [0.1, 0.15) is 31.1 Å². The molecule has 0 bridgehead atoms. The van der Waals surface area contributed by atoms with Crippen LogP contribution in [0, 0.1) is 5.82 Å². The van der Waals surface area contributed by atoms with E-state index >= 15 is 0 Å². The van der Waals surface area contributed by atoms with Crippen LogP contribution < -0.4 is 4.74 Å². The Hall–Kier alpha value is -3.22. The van der Waals surface area contributed by atoms with Crippen molar-refractivity contribution in [1.29, 1.82) is 0 Å². The van der Waals surface area contributed by atoms with Gasteiger partial charge in [0.05, 0.1) is 25.3 Å². The number of esters is 3. The van der Waals surface area contributed by atoms with Gasteiger partial charge in [-0.05, 0) is 42.5 Å². The summed E-state index contributed by atoms with van der Waals surface area (Å²) in [5.74, 6) is -2.82. The highest BCUT2D eigenvalue weighted by Gasteiger charge is 2.20. The van der Waals surface area contributed by atoms with Crippen LogP contribution in [0.4, 0.5) is 4.39 Å². The molecule has 0 saturated carbocycles. The number of rotatable bonds is 4. The third-order valence-corrected chi connectivity index (χ3v) is 3.09. The Kier molecular flexibility index (Phi) is 5.26. The van der Waals surface area contributed by atoms with Crippen molar-refractivity contribution in [1.82, 2.24) is 0 Å². The van der Waals surface area contributed by atoms with Gasteiger partial charge in [0.25, 0.3) is 0 Å². The third-order valence-electron chi connectivity index (χ3n) is 3.09. The minimum atomic E-state index is -0.789. The molecule has 0 unspecified atom stereocenters. The molecule has 124 valence electrons. The van der Waals surface area contributed by atoms with Gasteiger partial charge in [0.15, 0.2) is 0 Å². The summed E-state index contributed by atoms with van der Waals surface area (Å²) < 4.78 is 27.2. The second-order valence-corrected chi connectivity index (χ2v) is 4.59. The monoisotopic (exact) mass is 332 g/mol. The maximum absolute atomic E-state index is 12.9. The highest BCUT2D eigenvalue weighted by atomic mass is 19.1. The van der Waals surface area contributed by atoms with E-state index in [1.54, 1.807) is 0 Å². The van der Waals surface area contributed by atoms with Crippen LogP contribution in [0.5, 0.6) is 5.75 Å². The molecule has 0 aliphatic heterocycles. The molecule has 0 spiro atoms. The molecule has 0 aromatic heterocycles. The van der Waals surface area contributed by atoms with E-state index in [0.29, 0.717) is 0 Å². The summed E-state index contributed by atoms with van der Waals surface area (Å²) in [6.07, 6.45) is 0. The van der Waals surface area contributed by atoms with Gasteiger partial charge in [-0.1, -0.05) is 0 Å². The first-order chi connectivity index (χ1) is 11.5. The molecule has 0 aliphatic carbocycles. The molecule has 0 heterocycles. The smallest absolute Gasteiger partial charge is 0.343 e. The van der Waals surface area contributed by atoms with Crippen LogP contribution >= 0.6 is 0 Å². The van der Waals surface area contributed by atoms with E-state index in [1.165, 1.54) is 37.4 Å². The summed E-state index contributed by atoms with van der Waals surface area (Å²) in [6.45, 7) is 0. The van der Waals surface area contributed by atoms with Gasteiger partial charge in [0, 0.05) is 0 Å². The molecular formula is C17H13FO6. The van der Waals surface area contributed by atoms with Crippen molar-refractivity contribution in [2.45, 2.75) is 0 Å².